The summed E-state index contributed by atoms with van der Waals surface area (Å²) in [6.45, 7) is 12.1. The molecule has 11 atom stereocenters. The van der Waals surface area contributed by atoms with Gasteiger partial charge in [0.25, 0.3) is 0 Å². The molecule has 4 aliphatic rings. The molecule has 54 heavy (non-hydrogen) atoms. The number of carbonyl (C=O) groups is 3. The van der Waals surface area contributed by atoms with E-state index in [9.17, 15) is 29.7 Å². The summed E-state index contributed by atoms with van der Waals surface area (Å²) in [5, 5.41) is 33.3. The van der Waals surface area contributed by atoms with Crippen molar-refractivity contribution in [3.63, 3.8) is 0 Å². The predicted molar refractivity (Wildman–Crippen MR) is 209 cm³/mol. The van der Waals surface area contributed by atoms with Crippen LogP contribution in [0, 0.1) is 23.7 Å². The second-order valence-corrected chi connectivity index (χ2v) is 16.4. The second kappa shape index (κ2) is 20.1. The van der Waals surface area contributed by atoms with Gasteiger partial charge in [0.1, 0.15) is 12.1 Å². The molecule has 3 heterocycles. The maximum Gasteiger partial charge on any atom is 0.329 e. The van der Waals surface area contributed by atoms with Gasteiger partial charge in [-0.15, -0.1) is 0 Å². The monoisotopic (exact) mass is 751 g/mol. The summed E-state index contributed by atoms with van der Waals surface area (Å²) < 4.78 is 18.1. The van der Waals surface area contributed by atoms with Crippen LogP contribution >= 0.6 is 0 Å². The first-order valence-corrected chi connectivity index (χ1v) is 20.0. The third-order valence-electron chi connectivity index (χ3n) is 11.6. The highest BCUT2D eigenvalue weighted by molar-refractivity contribution is 5.91. The number of ketones is 1. The fourth-order valence-electron chi connectivity index (χ4n) is 8.31. The lowest BCUT2D eigenvalue weighted by molar-refractivity contribution is -0.301. The average Bonchev–Trinajstić information content (AvgIpc) is 3.13. The number of aliphatic hydroxyl groups is 3. The maximum absolute atomic E-state index is 14.1. The number of nitrogens with zero attached hydrogens (tertiary/aromatic N) is 1. The molecule has 0 aromatic heterocycles. The van der Waals surface area contributed by atoms with Crippen LogP contribution < -0.4 is 0 Å². The van der Waals surface area contributed by atoms with Gasteiger partial charge in [0.15, 0.2) is 11.6 Å². The van der Waals surface area contributed by atoms with Crippen LogP contribution in [0.4, 0.5) is 0 Å². The molecule has 0 saturated carbocycles. The van der Waals surface area contributed by atoms with Gasteiger partial charge in [-0.25, -0.2) is 4.79 Å². The first kappa shape index (κ1) is 43.6. The number of carbonyl (C=O) groups excluding carboxylic acids is 3. The van der Waals surface area contributed by atoms with Gasteiger partial charge < -0.3 is 34.4 Å². The molecule has 10 heteroatoms. The number of methoxy groups -OCH3 is 1. The number of allylic oxidation sites excluding steroid dienone is 9. The van der Waals surface area contributed by atoms with Crippen molar-refractivity contribution in [3.8, 4) is 0 Å². The van der Waals surface area contributed by atoms with Gasteiger partial charge in [0.05, 0.1) is 30.8 Å². The number of rotatable bonds is 4. The lowest BCUT2D eigenvalue weighted by atomic mass is 9.78. The van der Waals surface area contributed by atoms with Crippen LogP contribution in [0.3, 0.4) is 0 Å². The van der Waals surface area contributed by atoms with E-state index >= 15 is 0 Å². The van der Waals surface area contributed by atoms with E-state index in [1.807, 2.05) is 58.1 Å². The highest BCUT2D eigenvalue weighted by Crippen LogP contribution is 2.41. The van der Waals surface area contributed by atoms with E-state index in [4.69, 9.17) is 14.2 Å². The van der Waals surface area contributed by atoms with E-state index in [2.05, 4.69) is 19.9 Å². The van der Waals surface area contributed by atoms with Crippen molar-refractivity contribution in [2.45, 2.75) is 148 Å². The van der Waals surface area contributed by atoms with Crippen molar-refractivity contribution >= 4 is 17.7 Å². The van der Waals surface area contributed by atoms with Crippen molar-refractivity contribution in [3.05, 3.63) is 71.4 Å². The summed E-state index contributed by atoms with van der Waals surface area (Å²) in [5.74, 6) is -2.68. The molecule has 0 aromatic rings. The van der Waals surface area contributed by atoms with Gasteiger partial charge >= 0.3 is 5.97 Å². The predicted octanol–water partition coefficient (Wildman–Crippen LogP) is 6.46. The first-order chi connectivity index (χ1) is 25.6. The normalized spacial score (nSPS) is 39.6. The molecular weight excluding hydrogens is 686 g/mol. The Bertz CT molecular complexity index is 1490. The van der Waals surface area contributed by atoms with Crippen molar-refractivity contribution in [1.82, 2.24) is 4.90 Å². The van der Waals surface area contributed by atoms with Crippen LogP contribution in [-0.4, -0.2) is 93.9 Å². The molecule has 1 aliphatic carbocycles. The summed E-state index contributed by atoms with van der Waals surface area (Å²) in [4.78, 5) is 42.3. The molecule has 10 nitrogen and oxygen atoms in total. The zero-order valence-electron chi connectivity index (χ0n) is 33.5. The molecule has 2 saturated heterocycles. The van der Waals surface area contributed by atoms with Gasteiger partial charge in [-0.3, -0.25) is 9.59 Å². The number of fused-ring (bicyclic) bond motifs is 3. The zero-order chi connectivity index (χ0) is 39.6. The Labute approximate surface area is 322 Å². The van der Waals surface area contributed by atoms with E-state index < -0.39 is 36.1 Å². The topological polar surface area (TPSA) is 143 Å². The molecule has 3 aliphatic heterocycles. The van der Waals surface area contributed by atoms with Gasteiger partial charge in [-0.05, 0) is 95.1 Å². The third-order valence-corrected chi connectivity index (χ3v) is 11.6. The van der Waals surface area contributed by atoms with E-state index in [-0.39, 0.29) is 73.3 Å². The molecule has 1 amide bonds. The number of aliphatic hydroxyl groups excluding tert-OH is 2. The third kappa shape index (κ3) is 12.2. The zero-order valence-corrected chi connectivity index (χ0v) is 33.5. The summed E-state index contributed by atoms with van der Waals surface area (Å²) >= 11 is 0. The van der Waals surface area contributed by atoms with E-state index in [0.29, 0.717) is 32.2 Å². The maximum atomic E-state index is 14.1. The molecule has 11 unspecified atom stereocenters. The summed E-state index contributed by atoms with van der Waals surface area (Å²) in [6.07, 6.45) is 18.1. The average molecular weight is 752 g/mol. The SMILES string of the molecule is COC1CC(/C=C(C)/C=C(\C)C2CC(O)C/C=C(C)/C=C/C(=O)C/C=C/CC(C)C3OC(O)(CC(=O)N4CCCCC4C(=O)O2)C(C)CC3C)C=CC1O. The lowest BCUT2D eigenvalue weighted by Crippen LogP contribution is -2.56. The summed E-state index contributed by atoms with van der Waals surface area (Å²) in [5.41, 5.74) is 2.50. The molecule has 2 fully saturated rings. The van der Waals surface area contributed by atoms with Crippen LogP contribution in [0.2, 0.25) is 0 Å². The Hall–Kier alpha value is -3.15. The summed E-state index contributed by atoms with van der Waals surface area (Å²) in [7, 11) is 1.59. The second-order valence-electron chi connectivity index (χ2n) is 16.4. The first-order valence-electron chi connectivity index (χ1n) is 20.0. The fourth-order valence-corrected chi connectivity index (χ4v) is 8.31. The molecule has 4 rings (SSSR count). The molecular formula is C44H65NO9. The number of amides is 1. The molecule has 3 N–H and O–H groups in total. The lowest BCUT2D eigenvalue weighted by Gasteiger charge is -2.47. The smallest absolute Gasteiger partial charge is 0.329 e. The van der Waals surface area contributed by atoms with Crippen molar-refractivity contribution < 1.29 is 43.9 Å². The highest BCUT2D eigenvalue weighted by Gasteiger charge is 2.48. The standard InChI is InChI=1S/C44H65NO9/c1-28-15-18-35(46)13-9-8-12-30(3)42-32(5)24-33(6)44(51,54-42)27-41(49)45-21-11-10-14-37(45)43(50)53-39(26-36(47)19-16-28)31(4)22-29(2)23-34-17-20-38(48)40(25-34)52-7/h8-9,15-18,20,22-23,30,32-34,36-40,42,47-48,51H,10-14,19,21,24-27H2,1-7H3/b9-8+,18-15+,28-16+,29-23+,31-22+. The van der Waals surface area contributed by atoms with Crippen molar-refractivity contribution in [2.75, 3.05) is 13.7 Å². The van der Waals surface area contributed by atoms with Crippen LogP contribution in [-0.2, 0) is 28.6 Å². The fraction of sp³-hybridized carbons (Fsp3) is 0.659. The van der Waals surface area contributed by atoms with Crippen molar-refractivity contribution in [2.24, 2.45) is 23.7 Å². The molecule has 300 valence electrons. The van der Waals surface area contributed by atoms with E-state index in [0.717, 1.165) is 29.6 Å². The van der Waals surface area contributed by atoms with Crippen molar-refractivity contribution in [1.29, 1.82) is 0 Å². The Kier molecular flexibility index (Phi) is 16.3. The number of hydrogen-bond acceptors (Lipinski definition) is 9. The molecule has 2 bridgehead atoms. The number of ether oxygens (including phenoxy) is 3. The Balaban J connectivity index is 1.64. The van der Waals surface area contributed by atoms with Crippen LogP contribution in [0.15, 0.2) is 71.4 Å². The van der Waals surface area contributed by atoms with Gasteiger partial charge in [-0.2, -0.15) is 0 Å². The molecule has 0 aromatic carbocycles. The number of piperidine rings is 1. The largest absolute Gasteiger partial charge is 0.456 e. The number of esters is 1. The van der Waals surface area contributed by atoms with Crippen LogP contribution in [0.25, 0.3) is 0 Å². The minimum Gasteiger partial charge on any atom is -0.456 e. The molecule has 0 radical (unpaired) electrons. The van der Waals surface area contributed by atoms with Crippen LogP contribution in [0.1, 0.15) is 106 Å². The van der Waals surface area contributed by atoms with Gasteiger partial charge in [0, 0.05) is 32.4 Å². The van der Waals surface area contributed by atoms with Gasteiger partial charge in [-0.1, -0.05) is 80.5 Å². The van der Waals surface area contributed by atoms with E-state index in [1.54, 1.807) is 30.2 Å². The minimum absolute atomic E-state index is 0.0351. The summed E-state index contributed by atoms with van der Waals surface area (Å²) in [6, 6.07) is -0.826. The van der Waals surface area contributed by atoms with Gasteiger partial charge in [0.2, 0.25) is 5.91 Å². The Morgan fingerprint density at radius 1 is 0.981 bits per heavy atom. The molecule has 0 spiro atoms. The number of hydrogen-bond donors (Lipinski definition) is 3. The minimum atomic E-state index is -1.69. The quantitative estimate of drug-likeness (QED) is 0.168. The van der Waals surface area contributed by atoms with E-state index in [1.165, 1.54) is 0 Å². The number of cyclic esters (lactones) is 1. The van der Waals surface area contributed by atoms with Crippen LogP contribution in [0.5, 0.6) is 0 Å². The highest BCUT2D eigenvalue weighted by atomic mass is 16.6. The Morgan fingerprint density at radius 3 is 2.48 bits per heavy atom. The Morgan fingerprint density at radius 2 is 1.74 bits per heavy atom.